The number of thioether (sulfide) groups is 1. The van der Waals surface area contributed by atoms with E-state index in [1.807, 2.05) is 30.5 Å². The first-order chi connectivity index (χ1) is 10.2. The summed E-state index contributed by atoms with van der Waals surface area (Å²) in [7, 11) is 3.10. The van der Waals surface area contributed by atoms with E-state index >= 15 is 0 Å². The monoisotopic (exact) mass is 303 g/mol. The van der Waals surface area contributed by atoms with E-state index in [4.69, 9.17) is 9.47 Å². The first-order valence-electron chi connectivity index (χ1n) is 6.36. The Kier molecular flexibility index (Phi) is 5.11. The minimum atomic E-state index is -0.229. The zero-order chi connectivity index (χ0) is 15.2. The second-order valence-electron chi connectivity index (χ2n) is 4.22. The molecule has 0 radical (unpaired) electrons. The van der Waals surface area contributed by atoms with Crippen LogP contribution in [0, 0.1) is 0 Å². The Morgan fingerprint density at radius 1 is 1.10 bits per heavy atom. The van der Waals surface area contributed by atoms with Crippen LogP contribution in [0.4, 0.5) is 5.69 Å². The van der Waals surface area contributed by atoms with Gasteiger partial charge >= 0.3 is 0 Å². The van der Waals surface area contributed by atoms with Crippen LogP contribution in [0.2, 0.25) is 0 Å². The molecule has 1 amide bonds. The molecule has 110 valence electrons. The van der Waals surface area contributed by atoms with E-state index in [1.165, 1.54) is 7.11 Å². The molecule has 0 fully saturated rings. The summed E-state index contributed by atoms with van der Waals surface area (Å²) in [5, 5.41) is 2.91. The predicted octanol–water partition coefficient (Wildman–Crippen LogP) is 3.68. The third-order valence-electron chi connectivity index (χ3n) is 3.01. The van der Waals surface area contributed by atoms with Crippen LogP contribution >= 0.6 is 11.8 Å². The summed E-state index contributed by atoms with van der Waals surface area (Å²) in [6, 6.07) is 12.8. The molecule has 2 rings (SSSR count). The van der Waals surface area contributed by atoms with Crippen LogP contribution in [-0.4, -0.2) is 26.4 Å². The van der Waals surface area contributed by atoms with E-state index in [1.54, 1.807) is 37.1 Å². The van der Waals surface area contributed by atoms with Gasteiger partial charge in [0.05, 0.1) is 25.5 Å². The lowest BCUT2D eigenvalue weighted by molar-refractivity contribution is 0.102. The highest BCUT2D eigenvalue weighted by Gasteiger charge is 2.15. The Hall–Kier alpha value is -2.14. The van der Waals surface area contributed by atoms with E-state index in [2.05, 4.69) is 5.32 Å². The first kappa shape index (κ1) is 15.3. The fraction of sp³-hybridized carbons (Fsp3) is 0.188. The lowest BCUT2D eigenvalue weighted by atomic mass is 10.1. The first-order valence-corrected chi connectivity index (χ1v) is 7.58. The van der Waals surface area contributed by atoms with E-state index in [0.29, 0.717) is 17.1 Å². The van der Waals surface area contributed by atoms with Crippen molar-refractivity contribution in [2.75, 3.05) is 25.8 Å². The average Bonchev–Trinajstić information content (AvgIpc) is 2.54. The summed E-state index contributed by atoms with van der Waals surface area (Å²) in [6.45, 7) is 0. The van der Waals surface area contributed by atoms with Gasteiger partial charge in [-0.05, 0) is 36.6 Å². The number of rotatable bonds is 5. The van der Waals surface area contributed by atoms with E-state index in [9.17, 15) is 4.79 Å². The number of methoxy groups -OCH3 is 2. The molecular formula is C16H17NO3S. The molecule has 0 aliphatic rings. The SMILES string of the molecule is COc1ccc(OC)c(C(=O)Nc2ccccc2SC)c1. The highest BCUT2D eigenvalue weighted by atomic mass is 32.2. The van der Waals surface area contributed by atoms with Crippen molar-refractivity contribution in [3.63, 3.8) is 0 Å². The van der Waals surface area contributed by atoms with E-state index in [-0.39, 0.29) is 5.91 Å². The van der Waals surface area contributed by atoms with Crippen molar-refractivity contribution in [3.8, 4) is 11.5 Å². The van der Waals surface area contributed by atoms with Gasteiger partial charge in [-0.2, -0.15) is 0 Å². The van der Waals surface area contributed by atoms with Gasteiger partial charge in [-0.1, -0.05) is 12.1 Å². The molecule has 0 saturated heterocycles. The van der Waals surface area contributed by atoms with Gasteiger partial charge in [0, 0.05) is 4.90 Å². The predicted molar refractivity (Wildman–Crippen MR) is 85.7 cm³/mol. The number of hydrogen-bond acceptors (Lipinski definition) is 4. The molecule has 2 aromatic rings. The normalized spacial score (nSPS) is 10.0. The molecule has 5 heteroatoms. The van der Waals surface area contributed by atoms with Gasteiger partial charge in [-0.25, -0.2) is 0 Å². The number of anilines is 1. The van der Waals surface area contributed by atoms with E-state index < -0.39 is 0 Å². The Labute approximate surface area is 128 Å². The van der Waals surface area contributed by atoms with Gasteiger partial charge in [0.1, 0.15) is 11.5 Å². The molecule has 4 nitrogen and oxygen atoms in total. The molecule has 0 aromatic heterocycles. The third kappa shape index (κ3) is 3.49. The van der Waals surface area contributed by atoms with Gasteiger partial charge in [-0.3, -0.25) is 4.79 Å². The highest BCUT2D eigenvalue weighted by Crippen LogP contribution is 2.28. The van der Waals surface area contributed by atoms with Gasteiger partial charge in [0.2, 0.25) is 0 Å². The number of ether oxygens (including phenoxy) is 2. The Morgan fingerprint density at radius 3 is 2.52 bits per heavy atom. The second kappa shape index (κ2) is 7.04. The molecule has 0 unspecified atom stereocenters. The summed E-state index contributed by atoms with van der Waals surface area (Å²) in [4.78, 5) is 13.5. The molecule has 0 saturated carbocycles. The van der Waals surface area contributed by atoms with Crippen molar-refractivity contribution in [3.05, 3.63) is 48.0 Å². The van der Waals surface area contributed by atoms with Crippen LogP contribution < -0.4 is 14.8 Å². The van der Waals surface area contributed by atoms with Gasteiger partial charge in [-0.15, -0.1) is 11.8 Å². The maximum atomic E-state index is 12.5. The summed E-state index contributed by atoms with van der Waals surface area (Å²) in [5.41, 5.74) is 1.22. The molecular weight excluding hydrogens is 286 g/mol. The fourth-order valence-corrected chi connectivity index (χ4v) is 2.48. The standard InChI is InChI=1S/C16H17NO3S/c1-19-11-8-9-14(20-2)12(10-11)16(18)17-13-6-4-5-7-15(13)21-3/h4-10H,1-3H3,(H,17,18). The maximum absolute atomic E-state index is 12.5. The highest BCUT2D eigenvalue weighted by molar-refractivity contribution is 7.98. The summed E-state index contributed by atoms with van der Waals surface area (Å²) in [5.74, 6) is 0.890. The zero-order valence-corrected chi connectivity index (χ0v) is 13.0. The van der Waals surface area contributed by atoms with Gasteiger partial charge in [0.25, 0.3) is 5.91 Å². The molecule has 2 aromatic carbocycles. The van der Waals surface area contributed by atoms with Crippen LogP contribution in [0.25, 0.3) is 0 Å². The lowest BCUT2D eigenvalue weighted by Gasteiger charge is -2.12. The Morgan fingerprint density at radius 2 is 1.86 bits per heavy atom. The summed E-state index contributed by atoms with van der Waals surface area (Å²) < 4.78 is 10.4. The minimum absolute atomic E-state index is 0.229. The quantitative estimate of drug-likeness (QED) is 0.856. The summed E-state index contributed by atoms with van der Waals surface area (Å²) >= 11 is 1.58. The van der Waals surface area contributed by atoms with Crippen molar-refractivity contribution >= 4 is 23.4 Å². The molecule has 0 aliphatic carbocycles. The number of carbonyl (C=O) groups excluding carboxylic acids is 1. The molecule has 1 N–H and O–H groups in total. The molecule has 0 bridgehead atoms. The number of para-hydroxylation sites is 1. The Balaban J connectivity index is 2.31. The van der Waals surface area contributed by atoms with Crippen molar-refractivity contribution in [1.82, 2.24) is 0 Å². The average molecular weight is 303 g/mol. The van der Waals surface area contributed by atoms with Crippen LogP contribution in [0.15, 0.2) is 47.4 Å². The maximum Gasteiger partial charge on any atom is 0.259 e. The van der Waals surface area contributed by atoms with Crippen LogP contribution in [0.3, 0.4) is 0 Å². The lowest BCUT2D eigenvalue weighted by Crippen LogP contribution is -2.14. The third-order valence-corrected chi connectivity index (χ3v) is 3.80. The number of nitrogens with one attached hydrogen (secondary N) is 1. The van der Waals surface area contributed by atoms with E-state index in [0.717, 1.165) is 10.6 Å². The summed E-state index contributed by atoms with van der Waals surface area (Å²) in [6.07, 6.45) is 1.97. The topological polar surface area (TPSA) is 47.6 Å². The van der Waals surface area contributed by atoms with Crippen LogP contribution in [0.5, 0.6) is 11.5 Å². The van der Waals surface area contributed by atoms with Gasteiger partial charge in [0.15, 0.2) is 0 Å². The number of amides is 1. The molecule has 21 heavy (non-hydrogen) atoms. The zero-order valence-electron chi connectivity index (χ0n) is 12.2. The van der Waals surface area contributed by atoms with Crippen LogP contribution in [-0.2, 0) is 0 Å². The molecule has 0 heterocycles. The molecule has 0 atom stereocenters. The van der Waals surface area contributed by atoms with Crippen LogP contribution in [0.1, 0.15) is 10.4 Å². The Bertz CT molecular complexity index is 643. The second-order valence-corrected chi connectivity index (χ2v) is 5.07. The van der Waals surface area contributed by atoms with Gasteiger partial charge < -0.3 is 14.8 Å². The van der Waals surface area contributed by atoms with Crippen molar-refractivity contribution in [2.45, 2.75) is 4.90 Å². The number of hydrogen-bond donors (Lipinski definition) is 1. The smallest absolute Gasteiger partial charge is 0.259 e. The van der Waals surface area contributed by atoms with Crippen molar-refractivity contribution < 1.29 is 14.3 Å². The number of benzene rings is 2. The molecule has 0 spiro atoms. The van der Waals surface area contributed by atoms with Crippen molar-refractivity contribution in [2.24, 2.45) is 0 Å². The minimum Gasteiger partial charge on any atom is -0.497 e. The van der Waals surface area contributed by atoms with Crippen molar-refractivity contribution in [1.29, 1.82) is 0 Å². The largest absolute Gasteiger partial charge is 0.497 e. The molecule has 0 aliphatic heterocycles. The number of carbonyl (C=O) groups is 1. The fourth-order valence-electron chi connectivity index (χ4n) is 1.93.